The molecule has 0 aromatic heterocycles. The molecule has 0 amide bonds. The van der Waals surface area contributed by atoms with Gasteiger partial charge in [-0.05, 0) is 35.9 Å². The summed E-state index contributed by atoms with van der Waals surface area (Å²) in [6.45, 7) is 0. The fraction of sp³-hybridized carbons (Fsp3) is 0.222. The number of rotatable bonds is 3. The van der Waals surface area contributed by atoms with E-state index in [0.717, 1.165) is 11.4 Å². The molecular weight excluding hydrogens is 204 g/mol. The highest BCUT2D eigenvalue weighted by atomic mass is 35.5. The Morgan fingerprint density at radius 3 is 2.43 bits per heavy atom. The number of hydrazone groups is 1. The summed E-state index contributed by atoms with van der Waals surface area (Å²) in [7, 11) is 3.06. The third-order valence-electron chi connectivity index (χ3n) is 1.53. The highest BCUT2D eigenvalue weighted by Crippen LogP contribution is 2.14. The molecule has 0 atom stereocenters. The number of halogens is 1. The summed E-state index contributed by atoms with van der Waals surface area (Å²) >= 11 is 5.51. The molecule has 1 rings (SSSR count). The van der Waals surface area contributed by atoms with Gasteiger partial charge in [0, 0.05) is 0 Å². The van der Waals surface area contributed by atoms with Crippen molar-refractivity contribution < 1.29 is 9.47 Å². The predicted octanol–water partition coefficient (Wildman–Crippen LogP) is 2.26. The average molecular weight is 215 g/mol. The fourth-order valence-corrected chi connectivity index (χ4v) is 0.862. The molecule has 0 heterocycles. The van der Waals surface area contributed by atoms with Crippen LogP contribution in [0.4, 0.5) is 5.69 Å². The normalized spacial score (nSPS) is 10.9. The molecule has 5 heteroatoms. The first-order valence-corrected chi connectivity index (χ1v) is 4.31. The van der Waals surface area contributed by atoms with E-state index in [9.17, 15) is 0 Å². The number of anilines is 1. The first-order chi connectivity index (χ1) is 6.76. The first-order valence-electron chi connectivity index (χ1n) is 3.93. The zero-order chi connectivity index (χ0) is 10.4. The van der Waals surface area contributed by atoms with Crippen molar-refractivity contribution in [3.05, 3.63) is 24.3 Å². The van der Waals surface area contributed by atoms with E-state index in [1.807, 2.05) is 24.3 Å². The molecule has 0 fully saturated rings. The molecular formula is C9H11ClN2O2. The zero-order valence-corrected chi connectivity index (χ0v) is 8.71. The monoisotopic (exact) mass is 214 g/mol. The van der Waals surface area contributed by atoms with Crippen molar-refractivity contribution >= 4 is 22.6 Å². The third-order valence-corrected chi connectivity index (χ3v) is 1.77. The van der Waals surface area contributed by atoms with Crippen LogP contribution in [0.3, 0.4) is 0 Å². The first kappa shape index (κ1) is 10.7. The second kappa shape index (κ2) is 5.34. The van der Waals surface area contributed by atoms with Crippen molar-refractivity contribution in [3.63, 3.8) is 0 Å². The Morgan fingerprint density at radius 1 is 1.29 bits per heavy atom. The summed E-state index contributed by atoms with van der Waals surface area (Å²) in [5.41, 5.74) is 3.53. The molecule has 0 bridgehead atoms. The van der Waals surface area contributed by atoms with Gasteiger partial charge in [-0.3, -0.25) is 5.43 Å². The maximum atomic E-state index is 5.51. The van der Waals surface area contributed by atoms with Crippen LogP contribution in [0.25, 0.3) is 0 Å². The second-order valence-corrected chi connectivity index (χ2v) is 2.73. The molecule has 4 nitrogen and oxygen atoms in total. The van der Waals surface area contributed by atoms with E-state index in [1.54, 1.807) is 7.11 Å². The molecule has 0 saturated carbocycles. The van der Waals surface area contributed by atoms with Crippen molar-refractivity contribution in [1.82, 2.24) is 0 Å². The molecule has 14 heavy (non-hydrogen) atoms. The van der Waals surface area contributed by atoms with Gasteiger partial charge in [-0.15, -0.1) is 5.10 Å². The lowest BCUT2D eigenvalue weighted by molar-refractivity contribution is 0.413. The summed E-state index contributed by atoms with van der Waals surface area (Å²) in [4.78, 5) is 0. The van der Waals surface area contributed by atoms with E-state index >= 15 is 0 Å². The standard InChI is InChI=1S/C9H11ClN2O2/c1-13-8-5-3-7(4-6-8)11-12-9(10)14-2/h3-6,11H,1-2H3/b12-9-. The van der Waals surface area contributed by atoms with Gasteiger partial charge < -0.3 is 9.47 Å². The molecule has 0 saturated heterocycles. The van der Waals surface area contributed by atoms with Gasteiger partial charge in [-0.2, -0.15) is 0 Å². The quantitative estimate of drug-likeness (QED) is 0.477. The second-order valence-electron chi connectivity index (χ2n) is 2.41. The molecule has 1 N–H and O–H groups in total. The lowest BCUT2D eigenvalue weighted by atomic mass is 10.3. The van der Waals surface area contributed by atoms with Gasteiger partial charge in [0.05, 0.1) is 19.9 Å². The Balaban J connectivity index is 2.60. The number of hydrogen-bond acceptors (Lipinski definition) is 4. The summed E-state index contributed by atoms with van der Waals surface area (Å²) in [6, 6.07) is 7.28. The van der Waals surface area contributed by atoms with Crippen molar-refractivity contribution in [3.8, 4) is 5.75 Å². The van der Waals surface area contributed by atoms with Crippen molar-refractivity contribution in [2.75, 3.05) is 19.6 Å². The van der Waals surface area contributed by atoms with E-state index in [4.69, 9.17) is 16.3 Å². The van der Waals surface area contributed by atoms with Gasteiger partial charge >= 0.3 is 5.36 Å². The molecule has 0 aliphatic rings. The van der Waals surface area contributed by atoms with Crippen LogP contribution in [0.15, 0.2) is 29.4 Å². The summed E-state index contributed by atoms with van der Waals surface area (Å²) in [6.07, 6.45) is 0. The number of hydrogen-bond donors (Lipinski definition) is 1. The molecule has 76 valence electrons. The van der Waals surface area contributed by atoms with Gasteiger partial charge in [-0.1, -0.05) is 0 Å². The molecule has 0 radical (unpaired) electrons. The molecule has 0 unspecified atom stereocenters. The predicted molar refractivity (Wildman–Crippen MR) is 56.9 cm³/mol. The van der Waals surface area contributed by atoms with Crippen LogP contribution < -0.4 is 10.2 Å². The topological polar surface area (TPSA) is 42.8 Å². The Hall–Kier alpha value is -1.42. The van der Waals surface area contributed by atoms with Crippen molar-refractivity contribution in [2.45, 2.75) is 0 Å². The van der Waals surface area contributed by atoms with E-state index in [-0.39, 0.29) is 5.36 Å². The highest BCUT2D eigenvalue weighted by molar-refractivity contribution is 6.62. The van der Waals surface area contributed by atoms with E-state index < -0.39 is 0 Å². The fourth-order valence-electron chi connectivity index (χ4n) is 0.820. The van der Waals surface area contributed by atoms with E-state index in [2.05, 4.69) is 15.3 Å². The SMILES string of the molecule is CO/C(Cl)=N\Nc1ccc(OC)cc1. The van der Waals surface area contributed by atoms with Gasteiger partial charge in [-0.25, -0.2) is 0 Å². The number of methoxy groups -OCH3 is 2. The van der Waals surface area contributed by atoms with Gasteiger partial charge in [0.25, 0.3) is 0 Å². The molecule has 0 aliphatic carbocycles. The van der Waals surface area contributed by atoms with Crippen LogP contribution in [-0.4, -0.2) is 19.6 Å². The Morgan fingerprint density at radius 2 is 1.93 bits per heavy atom. The number of ether oxygens (including phenoxy) is 2. The molecule has 1 aromatic rings. The lowest BCUT2D eigenvalue weighted by Gasteiger charge is -2.02. The Labute approximate surface area is 87.5 Å². The van der Waals surface area contributed by atoms with Crippen LogP contribution in [0.5, 0.6) is 5.75 Å². The average Bonchev–Trinajstić information content (AvgIpc) is 2.26. The Kier molecular flexibility index (Phi) is 4.07. The maximum Gasteiger partial charge on any atom is 0.303 e. The summed E-state index contributed by atoms with van der Waals surface area (Å²) in [5, 5.41) is 3.79. The zero-order valence-electron chi connectivity index (χ0n) is 7.95. The largest absolute Gasteiger partial charge is 0.497 e. The van der Waals surface area contributed by atoms with Crippen molar-refractivity contribution in [1.29, 1.82) is 0 Å². The Bertz CT molecular complexity index is 311. The van der Waals surface area contributed by atoms with Gasteiger partial charge in [0.15, 0.2) is 0 Å². The van der Waals surface area contributed by atoms with Crippen LogP contribution in [-0.2, 0) is 4.74 Å². The summed E-state index contributed by atoms with van der Waals surface area (Å²) in [5.74, 6) is 0.789. The van der Waals surface area contributed by atoms with Crippen LogP contribution in [0, 0.1) is 0 Å². The molecule has 1 aromatic carbocycles. The molecule has 0 aliphatic heterocycles. The van der Waals surface area contributed by atoms with Gasteiger partial charge in [0.1, 0.15) is 5.75 Å². The van der Waals surface area contributed by atoms with Crippen LogP contribution in [0.2, 0.25) is 0 Å². The van der Waals surface area contributed by atoms with E-state index in [0.29, 0.717) is 0 Å². The van der Waals surface area contributed by atoms with Crippen LogP contribution in [0.1, 0.15) is 0 Å². The smallest absolute Gasteiger partial charge is 0.303 e. The third kappa shape index (κ3) is 3.14. The van der Waals surface area contributed by atoms with E-state index in [1.165, 1.54) is 7.11 Å². The minimum atomic E-state index is 0.0563. The van der Waals surface area contributed by atoms with Crippen LogP contribution >= 0.6 is 11.6 Å². The highest BCUT2D eigenvalue weighted by Gasteiger charge is 1.93. The minimum Gasteiger partial charge on any atom is -0.497 e. The number of benzene rings is 1. The van der Waals surface area contributed by atoms with Crippen molar-refractivity contribution in [2.24, 2.45) is 5.10 Å². The number of nitrogens with zero attached hydrogens (tertiary/aromatic N) is 1. The molecule has 0 spiro atoms. The summed E-state index contributed by atoms with van der Waals surface area (Å²) < 4.78 is 9.65. The number of nitrogens with one attached hydrogen (secondary N) is 1. The minimum absolute atomic E-state index is 0.0563. The maximum absolute atomic E-state index is 5.51. The lowest BCUT2D eigenvalue weighted by Crippen LogP contribution is -1.96. The van der Waals surface area contributed by atoms with Gasteiger partial charge in [0.2, 0.25) is 0 Å².